The van der Waals surface area contributed by atoms with Crippen molar-refractivity contribution in [2.75, 3.05) is 5.75 Å². The lowest BCUT2D eigenvalue weighted by atomic mass is 9.99. The van der Waals surface area contributed by atoms with Gasteiger partial charge in [0, 0.05) is 37.2 Å². The zero-order valence-electron chi connectivity index (χ0n) is 25.3. The van der Waals surface area contributed by atoms with Crippen LogP contribution in [0.25, 0.3) is 11.1 Å². The van der Waals surface area contributed by atoms with E-state index in [1.165, 1.54) is 4.90 Å². The van der Waals surface area contributed by atoms with Crippen molar-refractivity contribution in [2.45, 2.75) is 43.2 Å². The van der Waals surface area contributed by atoms with Crippen molar-refractivity contribution in [3.8, 4) is 11.1 Å². The van der Waals surface area contributed by atoms with Crippen LogP contribution < -0.4 is 0 Å². The molecule has 8 nitrogen and oxygen atoms in total. The maximum Gasteiger partial charge on any atom is 0.261 e. The van der Waals surface area contributed by atoms with Crippen LogP contribution in [-0.4, -0.2) is 43.2 Å². The first-order valence-corrected chi connectivity index (χ1v) is 16.2. The third-order valence-electron chi connectivity index (χ3n) is 8.43. The molecule has 0 unspecified atom stereocenters. The fourth-order valence-electron chi connectivity index (χ4n) is 5.96. The summed E-state index contributed by atoms with van der Waals surface area (Å²) in [4.78, 5) is 31.7. The van der Waals surface area contributed by atoms with E-state index in [1.54, 1.807) is 42.2 Å². The van der Waals surface area contributed by atoms with Crippen LogP contribution in [0.2, 0.25) is 0 Å². The summed E-state index contributed by atoms with van der Waals surface area (Å²) in [6, 6.07) is 30.8. The van der Waals surface area contributed by atoms with Gasteiger partial charge in [0.15, 0.2) is 11.4 Å². The standard InChI is InChI=1S/C37H33N3O5S/c1-39-17-16-38-37(39)46-23-30-20-33(26-14-12-24(22-41)13-15-26)45-36(44-30)29-9-5-8-28(19-29)27-7-4-6-25(18-27)21-40-34(42)31-10-2-3-11-32(31)35(40)43/h2-19,30,33,36,41H,20-23H2,1H3/t30-,33+,36+/m1/s1. The van der Waals surface area contributed by atoms with E-state index >= 15 is 0 Å². The van der Waals surface area contributed by atoms with Gasteiger partial charge < -0.3 is 19.1 Å². The molecule has 0 spiro atoms. The van der Waals surface area contributed by atoms with Crippen molar-refractivity contribution in [1.82, 2.24) is 14.5 Å². The summed E-state index contributed by atoms with van der Waals surface area (Å²) in [7, 11) is 1.98. The molecule has 4 aromatic carbocycles. The number of fused-ring (bicyclic) bond motifs is 1. The smallest absolute Gasteiger partial charge is 0.261 e. The highest BCUT2D eigenvalue weighted by Crippen LogP contribution is 2.40. The number of rotatable bonds is 9. The van der Waals surface area contributed by atoms with Crippen molar-refractivity contribution in [3.05, 3.63) is 143 Å². The number of imide groups is 1. The number of nitrogens with zero attached hydrogens (tertiary/aromatic N) is 3. The van der Waals surface area contributed by atoms with Gasteiger partial charge >= 0.3 is 0 Å². The Balaban J connectivity index is 1.12. The molecule has 5 aromatic rings. The third kappa shape index (κ3) is 6.15. The molecule has 1 saturated heterocycles. The minimum Gasteiger partial charge on any atom is -0.392 e. The SMILES string of the molecule is Cn1ccnc1SC[C@H]1C[C@@H](c2ccc(CO)cc2)O[C@@H](c2cccc(-c3cccc(CN4C(=O)c5ccccc5C4=O)c3)c2)O1. The monoisotopic (exact) mass is 631 g/mol. The number of aliphatic hydroxyl groups excluding tert-OH is 1. The number of aliphatic hydroxyl groups is 1. The number of aromatic nitrogens is 2. The Morgan fingerprint density at radius 2 is 1.54 bits per heavy atom. The Hall–Kier alpha value is -4.54. The van der Waals surface area contributed by atoms with Crippen LogP contribution in [0.4, 0.5) is 0 Å². The molecule has 3 atom stereocenters. The molecule has 1 aromatic heterocycles. The number of carbonyl (C=O) groups is 2. The first-order valence-electron chi connectivity index (χ1n) is 15.2. The van der Waals surface area contributed by atoms with Gasteiger partial charge in [-0.25, -0.2) is 4.98 Å². The summed E-state index contributed by atoms with van der Waals surface area (Å²) in [6.07, 6.45) is 3.54. The Bertz CT molecular complexity index is 1850. The fourth-order valence-corrected chi connectivity index (χ4v) is 6.91. The van der Waals surface area contributed by atoms with Crippen molar-refractivity contribution >= 4 is 23.6 Å². The molecular formula is C37H33N3O5S. The third-order valence-corrected chi connectivity index (χ3v) is 9.62. The fraction of sp³-hybridized carbons (Fsp3) is 0.216. The molecule has 2 amide bonds. The minimum atomic E-state index is -0.593. The van der Waals surface area contributed by atoms with Crippen LogP contribution in [0.1, 0.15) is 61.8 Å². The second-order valence-electron chi connectivity index (χ2n) is 11.5. The summed E-state index contributed by atoms with van der Waals surface area (Å²) in [5.74, 6) is 0.182. The molecule has 3 heterocycles. The largest absolute Gasteiger partial charge is 0.392 e. The molecule has 46 heavy (non-hydrogen) atoms. The first kappa shape index (κ1) is 30.1. The predicted octanol–water partition coefficient (Wildman–Crippen LogP) is 6.71. The summed E-state index contributed by atoms with van der Waals surface area (Å²) in [5, 5.41) is 10.5. The summed E-state index contributed by atoms with van der Waals surface area (Å²) in [6.45, 7) is 0.188. The summed E-state index contributed by atoms with van der Waals surface area (Å²) >= 11 is 1.66. The summed E-state index contributed by atoms with van der Waals surface area (Å²) < 4.78 is 15.1. The van der Waals surface area contributed by atoms with E-state index in [2.05, 4.69) is 11.1 Å². The number of hydrogen-bond donors (Lipinski definition) is 1. The number of hydrogen-bond acceptors (Lipinski definition) is 7. The molecule has 2 aliphatic heterocycles. The highest BCUT2D eigenvalue weighted by Gasteiger charge is 2.35. The van der Waals surface area contributed by atoms with E-state index < -0.39 is 6.29 Å². The van der Waals surface area contributed by atoms with Gasteiger partial charge in [0.05, 0.1) is 36.5 Å². The second-order valence-corrected chi connectivity index (χ2v) is 12.5. The molecule has 232 valence electrons. The molecule has 0 saturated carbocycles. The van der Waals surface area contributed by atoms with Crippen LogP contribution in [0.3, 0.4) is 0 Å². The number of carbonyl (C=O) groups excluding carboxylic acids is 2. The van der Waals surface area contributed by atoms with Crippen molar-refractivity contribution in [3.63, 3.8) is 0 Å². The normalized spacial score (nSPS) is 19.4. The number of thioether (sulfide) groups is 1. The minimum absolute atomic E-state index is 0.00718. The van der Waals surface area contributed by atoms with Crippen LogP contribution in [0.15, 0.2) is 115 Å². The van der Waals surface area contributed by atoms with Crippen LogP contribution >= 0.6 is 11.8 Å². The van der Waals surface area contributed by atoms with Gasteiger partial charge in [0.2, 0.25) is 0 Å². The molecule has 0 bridgehead atoms. The van der Waals surface area contributed by atoms with E-state index in [0.29, 0.717) is 17.5 Å². The van der Waals surface area contributed by atoms with Crippen LogP contribution in [0.5, 0.6) is 0 Å². The van der Waals surface area contributed by atoms with Gasteiger partial charge in [-0.2, -0.15) is 0 Å². The molecule has 0 aliphatic carbocycles. The average molecular weight is 632 g/mol. The lowest BCUT2D eigenvalue weighted by Crippen LogP contribution is -2.31. The Kier molecular flexibility index (Phi) is 8.55. The van der Waals surface area contributed by atoms with E-state index in [9.17, 15) is 14.7 Å². The molecule has 1 fully saturated rings. The van der Waals surface area contributed by atoms with Gasteiger partial charge in [-0.1, -0.05) is 84.6 Å². The highest BCUT2D eigenvalue weighted by molar-refractivity contribution is 7.99. The van der Waals surface area contributed by atoms with E-state index in [-0.39, 0.29) is 37.2 Å². The van der Waals surface area contributed by atoms with Crippen molar-refractivity contribution < 1.29 is 24.2 Å². The Labute approximate surface area is 271 Å². The summed E-state index contributed by atoms with van der Waals surface area (Å²) in [5.41, 5.74) is 6.48. The molecular weight excluding hydrogens is 598 g/mol. The zero-order chi connectivity index (χ0) is 31.6. The van der Waals surface area contributed by atoms with Crippen molar-refractivity contribution in [1.29, 1.82) is 0 Å². The van der Waals surface area contributed by atoms with Crippen LogP contribution in [0, 0.1) is 0 Å². The van der Waals surface area contributed by atoms with Gasteiger partial charge in [-0.3, -0.25) is 14.5 Å². The Morgan fingerprint density at radius 1 is 0.826 bits per heavy atom. The second kappa shape index (κ2) is 13.1. The highest BCUT2D eigenvalue weighted by atomic mass is 32.2. The number of ether oxygens (including phenoxy) is 2. The molecule has 1 N–H and O–H groups in total. The number of imidazole rings is 1. The average Bonchev–Trinajstić information content (AvgIpc) is 3.63. The zero-order valence-corrected chi connectivity index (χ0v) is 26.1. The lowest BCUT2D eigenvalue weighted by Gasteiger charge is -2.36. The molecule has 7 rings (SSSR count). The number of aryl methyl sites for hydroxylation is 1. The quantitative estimate of drug-likeness (QED) is 0.143. The first-order chi connectivity index (χ1) is 22.5. The van der Waals surface area contributed by atoms with E-state index in [4.69, 9.17) is 9.47 Å². The van der Waals surface area contributed by atoms with E-state index in [1.807, 2.05) is 84.5 Å². The maximum atomic E-state index is 13.0. The van der Waals surface area contributed by atoms with Crippen molar-refractivity contribution in [2.24, 2.45) is 7.05 Å². The molecule has 9 heteroatoms. The number of amides is 2. The molecule has 0 radical (unpaired) electrons. The Morgan fingerprint density at radius 3 is 2.24 bits per heavy atom. The lowest BCUT2D eigenvalue weighted by molar-refractivity contribution is -0.245. The topological polar surface area (TPSA) is 93.9 Å². The van der Waals surface area contributed by atoms with Gasteiger partial charge in [0.1, 0.15) is 0 Å². The van der Waals surface area contributed by atoms with Gasteiger partial charge in [-0.05, 0) is 52.1 Å². The number of benzene rings is 4. The van der Waals surface area contributed by atoms with Gasteiger partial charge in [0.25, 0.3) is 11.8 Å². The predicted molar refractivity (Wildman–Crippen MR) is 175 cm³/mol. The maximum absolute atomic E-state index is 13.0. The molecule has 2 aliphatic rings. The van der Waals surface area contributed by atoms with Crippen LogP contribution in [-0.2, 0) is 29.7 Å². The van der Waals surface area contributed by atoms with E-state index in [0.717, 1.165) is 44.3 Å². The van der Waals surface area contributed by atoms with Gasteiger partial charge in [-0.15, -0.1) is 0 Å².